The summed E-state index contributed by atoms with van der Waals surface area (Å²) in [5.41, 5.74) is 8.41. The number of benzene rings is 3. The molecule has 2 aliphatic rings. The molecular formula is C39H34ClN7O3. The molecule has 11 heteroatoms. The molecule has 0 radical (unpaired) electrons. The molecule has 0 bridgehead atoms. The van der Waals surface area contributed by atoms with Gasteiger partial charge in [0.25, 0.3) is 0 Å². The van der Waals surface area contributed by atoms with Crippen LogP contribution in [0.1, 0.15) is 47.6 Å². The fraction of sp³-hybridized carbons (Fsp3) is 0.256. The Morgan fingerprint density at radius 3 is 2.76 bits per heavy atom. The lowest BCUT2D eigenvalue weighted by atomic mass is 9.96. The molecule has 2 atom stereocenters. The van der Waals surface area contributed by atoms with Gasteiger partial charge >= 0.3 is 5.97 Å². The third-order valence-electron chi connectivity index (χ3n) is 9.89. The van der Waals surface area contributed by atoms with Gasteiger partial charge in [-0.15, -0.1) is 0 Å². The zero-order chi connectivity index (χ0) is 34.4. The molecule has 0 amide bonds. The van der Waals surface area contributed by atoms with Crippen LogP contribution in [0.25, 0.3) is 44.6 Å². The van der Waals surface area contributed by atoms with E-state index < -0.39 is 5.97 Å². The van der Waals surface area contributed by atoms with Crippen molar-refractivity contribution in [3.05, 3.63) is 100 Å². The predicted molar refractivity (Wildman–Crippen MR) is 193 cm³/mol. The van der Waals surface area contributed by atoms with Gasteiger partial charge in [0, 0.05) is 48.0 Å². The Labute approximate surface area is 293 Å². The first-order valence-corrected chi connectivity index (χ1v) is 17.2. The summed E-state index contributed by atoms with van der Waals surface area (Å²) in [4.78, 5) is 27.8. The van der Waals surface area contributed by atoms with Gasteiger partial charge < -0.3 is 20.2 Å². The van der Waals surface area contributed by atoms with Crippen LogP contribution in [0.5, 0.6) is 0 Å². The second-order valence-corrected chi connectivity index (χ2v) is 13.5. The van der Waals surface area contributed by atoms with Crippen LogP contribution in [0, 0.1) is 24.2 Å². The van der Waals surface area contributed by atoms with Crippen LogP contribution in [-0.2, 0) is 11.3 Å². The number of pyridine rings is 2. The molecule has 3 N–H and O–H groups in total. The normalized spacial score (nSPS) is 17.8. The van der Waals surface area contributed by atoms with E-state index in [0.29, 0.717) is 71.2 Å². The van der Waals surface area contributed by atoms with Gasteiger partial charge in [0.05, 0.1) is 22.2 Å². The number of halogens is 1. The van der Waals surface area contributed by atoms with Crippen molar-refractivity contribution in [1.29, 1.82) is 5.26 Å². The van der Waals surface area contributed by atoms with Crippen molar-refractivity contribution in [1.82, 2.24) is 25.2 Å². The summed E-state index contributed by atoms with van der Waals surface area (Å²) in [7, 11) is 0. The number of carboxylic acids is 1. The maximum atomic E-state index is 11.4. The van der Waals surface area contributed by atoms with E-state index in [9.17, 15) is 15.2 Å². The quantitative estimate of drug-likeness (QED) is 0.144. The highest BCUT2D eigenvalue weighted by Gasteiger charge is 2.28. The van der Waals surface area contributed by atoms with Gasteiger partial charge in [-0.2, -0.15) is 5.26 Å². The fourth-order valence-electron chi connectivity index (χ4n) is 7.27. The Bertz CT molecular complexity index is 2330. The number of carbonyl (C=O) groups is 1. The fourth-order valence-corrected chi connectivity index (χ4v) is 7.54. The molecular weight excluding hydrogens is 650 g/mol. The Hall–Kier alpha value is -5.34. The molecule has 2 aliphatic heterocycles. The van der Waals surface area contributed by atoms with E-state index in [1.54, 1.807) is 12.3 Å². The van der Waals surface area contributed by atoms with Gasteiger partial charge in [0.1, 0.15) is 17.1 Å². The number of nitriles is 1. The summed E-state index contributed by atoms with van der Waals surface area (Å²) in [5, 5.41) is 27.9. The Balaban J connectivity index is 1.09. The number of aliphatic carboxylic acids is 1. The van der Waals surface area contributed by atoms with E-state index in [4.69, 9.17) is 26.0 Å². The van der Waals surface area contributed by atoms with Crippen LogP contribution in [-0.4, -0.2) is 50.6 Å². The molecule has 2 fully saturated rings. The molecule has 10 nitrogen and oxygen atoms in total. The van der Waals surface area contributed by atoms with Gasteiger partial charge in [-0.1, -0.05) is 35.9 Å². The van der Waals surface area contributed by atoms with Crippen LogP contribution < -0.4 is 10.6 Å². The molecule has 3 aromatic heterocycles. The molecule has 0 saturated carbocycles. The number of oxazole rings is 1. The van der Waals surface area contributed by atoms with E-state index in [2.05, 4.69) is 32.7 Å². The number of nitrogens with one attached hydrogen (secondary N) is 2. The third kappa shape index (κ3) is 5.94. The van der Waals surface area contributed by atoms with Crippen molar-refractivity contribution in [2.45, 2.75) is 38.8 Å². The first-order valence-electron chi connectivity index (χ1n) is 16.8. The molecule has 0 aliphatic carbocycles. The Morgan fingerprint density at radius 1 is 1.12 bits per heavy atom. The minimum Gasteiger partial charge on any atom is -0.481 e. The van der Waals surface area contributed by atoms with Gasteiger partial charge in [-0.05, 0) is 97.9 Å². The predicted octanol–water partition coefficient (Wildman–Crippen LogP) is 8.01. The maximum absolute atomic E-state index is 11.4. The molecule has 1 unspecified atom stereocenters. The van der Waals surface area contributed by atoms with E-state index in [0.717, 1.165) is 51.7 Å². The standard InChI is InChI=1S/C39H34ClN7O3/c1-22-28(30-7-3-8-32(34(30)40)45-37-35-24(10-13-43-37)17-27(19-44-35)31-9-4-12-42-31)5-2-6-29(22)38-46-33-16-23(15-26(18-41)36(33)50-38)20-47-14-11-25(21-47)39(48)49/h2-3,5-8,10,13,15-17,19,25,31,42H,4,9,11-12,14,20-21H2,1H3,(H,43,45)(H,48,49)/t25-,31?/m1/s1. The van der Waals surface area contributed by atoms with Gasteiger partial charge in [0.2, 0.25) is 5.89 Å². The Kier molecular flexibility index (Phi) is 8.41. The first-order chi connectivity index (χ1) is 24.4. The van der Waals surface area contributed by atoms with Crippen molar-refractivity contribution in [3.8, 4) is 28.7 Å². The molecule has 5 heterocycles. The molecule has 2 saturated heterocycles. The van der Waals surface area contributed by atoms with Crippen LogP contribution in [0.4, 0.5) is 11.5 Å². The zero-order valence-electron chi connectivity index (χ0n) is 27.4. The van der Waals surface area contributed by atoms with Crippen molar-refractivity contribution in [2.75, 3.05) is 25.0 Å². The van der Waals surface area contributed by atoms with Crippen LogP contribution in [0.2, 0.25) is 5.02 Å². The van der Waals surface area contributed by atoms with Crippen LogP contribution in [0.15, 0.2) is 77.5 Å². The number of fused-ring (bicyclic) bond motifs is 2. The highest BCUT2D eigenvalue weighted by molar-refractivity contribution is 6.36. The minimum atomic E-state index is -0.770. The summed E-state index contributed by atoms with van der Waals surface area (Å²) in [6.45, 7) is 4.75. The van der Waals surface area contributed by atoms with Crippen molar-refractivity contribution in [2.24, 2.45) is 5.92 Å². The molecule has 50 heavy (non-hydrogen) atoms. The van der Waals surface area contributed by atoms with E-state index in [1.807, 2.05) is 61.7 Å². The summed E-state index contributed by atoms with van der Waals surface area (Å²) >= 11 is 7.11. The molecule has 250 valence electrons. The lowest BCUT2D eigenvalue weighted by Gasteiger charge is -2.16. The van der Waals surface area contributed by atoms with E-state index in [1.165, 1.54) is 12.0 Å². The largest absolute Gasteiger partial charge is 0.481 e. The smallest absolute Gasteiger partial charge is 0.307 e. The highest BCUT2D eigenvalue weighted by atomic mass is 35.5. The molecule has 8 rings (SSSR count). The van der Waals surface area contributed by atoms with Crippen molar-refractivity contribution < 1.29 is 14.3 Å². The van der Waals surface area contributed by atoms with Gasteiger partial charge in [0.15, 0.2) is 11.4 Å². The van der Waals surface area contributed by atoms with Crippen molar-refractivity contribution in [3.63, 3.8) is 0 Å². The summed E-state index contributed by atoms with van der Waals surface area (Å²) in [5.74, 6) is -0.103. The number of carboxylic acid groups (broad SMARTS) is 1. The number of hydrogen-bond acceptors (Lipinski definition) is 9. The number of nitrogens with zero attached hydrogens (tertiary/aromatic N) is 5. The van der Waals surface area contributed by atoms with Crippen LogP contribution >= 0.6 is 11.6 Å². The lowest BCUT2D eigenvalue weighted by molar-refractivity contribution is -0.141. The summed E-state index contributed by atoms with van der Waals surface area (Å²) in [6.07, 6.45) is 6.61. The SMILES string of the molecule is Cc1c(-c2nc3cc(CN4CC[C@@H](C(=O)O)C4)cc(C#N)c3o2)cccc1-c1cccc(Nc2nccc3cc(C4CCCN4)cnc23)c1Cl. The third-order valence-corrected chi connectivity index (χ3v) is 10.3. The van der Waals surface area contributed by atoms with Crippen LogP contribution in [0.3, 0.4) is 0 Å². The average molecular weight is 684 g/mol. The number of aromatic nitrogens is 3. The zero-order valence-corrected chi connectivity index (χ0v) is 28.2. The van der Waals surface area contributed by atoms with Gasteiger partial charge in [-0.3, -0.25) is 14.7 Å². The monoisotopic (exact) mass is 683 g/mol. The number of rotatable bonds is 8. The number of hydrogen-bond donors (Lipinski definition) is 3. The maximum Gasteiger partial charge on any atom is 0.307 e. The minimum absolute atomic E-state index is 0.331. The topological polar surface area (TPSA) is 140 Å². The molecule has 3 aromatic carbocycles. The Morgan fingerprint density at radius 2 is 1.96 bits per heavy atom. The second kappa shape index (κ2) is 13.2. The van der Waals surface area contributed by atoms with E-state index in [-0.39, 0.29) is 5.92 Å². The molecule has 0 spiro atoms. The highest BCUT2D eigenvalue weighted by Crippen LogP contribution is 2.40. The second-order valence-electron chi connectivity index (χ2n) is 13.1. The summed E-state index contributed by atoms with van der Waals surface area (Å²) < 4.78 is 6.25. The number of likely N-dealkylation sites (tertiary alicyclic amines) is 1. The first kappa shape index (κ1) is 31.9. The van der Waals surface area contributed by atoms with Crippen molar-refractivity contribution >= 4 is 51.1 Å². The summed E-state index contributed by atoms with van der Waals surface area (Å²) in [6, 6.07) is 22.2. The number of anilines is 2. The van der Waals surface area contributed by atoms with Gasteiger partial charge in [-0.25, -0.2) is 9.97 Å². The van der Waals surface area contributed by atoms with E-state index >= 15 is 0 Å². The molecule has 6 aromatic rings. The lowest BCUT2D eigenvalue weighted by Crippen LogP contribution is -2.22. The average Bonchev–Trinajstić information content (AvgIpc) is 3.91.